The average molecular weight is 1120 g/mol. The quantitative estimate of drug-likeness (QED) is 0.0857. The molecule has 7 aromatic heterocycles. The SMILES string of the molecule is CNC(=O)CC1NC(=O)c2csc(n2)-c2ccc(-c3nc(NC)cs3)nc2-c2csc(n2)-c2csc(n2)C(C(OC)c2ccccc2)NC(=O)CNC(=O)c2nc(sc2COC)C(C(C)C)CC(=O)c2nc1sc2C. The van der Waals surface area contributed by atoms with E-state index in [-0.39, 0.29) is 54.1 Å². The van der Waals surface area contributed by atoms with Crippen LogP contribution in [-0.2, 0) is 25.7 Å². The molecule has 5 N–H and O–H groups in total. The van der Waals surface area contributed by atoms with Gasteiger partial charge in [-0.05, 0) is 30.5 Å². The number of nitrogens with one attached hydrogen (secondary N) is 5. The molecule has 19 nitrogen and oxygen atoms in total. The largest absolute Gasteiger partial charge is 0.379 e. The van der Waals surface area contributed by atoms with Gasteiger partial charge in [0.25, 0.3) is 11.8 Å². The molecule has 25 heteroatoms. The minimum absolute atomic E-state index is 0.00185. The molecule has 75 heavy (non-hydrogen) atoms. The molecule has 1 aliphatic rings. The second-order valence-corrected chi connectivity index (χ2v) is 23.2. The van der Waals surface area contributed by atoms with Crippen molar-refractivity contribution in [3.8, 4) is 43.4 Å². The van der Waals surface area contributed by atoms with Gasteiger partial charge in [-0.3, -0.25) is 24.0 Å². The summed E-state index contributed by atoms with van der Waals surface area (Å²) in [5.41, 5.74) is 3.95. The number of hydrogen-bond donors (Lipinski definition) is 5. The number of carbonyl (C=O) groups is 5. The van der Waals surface area contributed by atoms with Crippen LogP contribution in [0.2, 0.25) is 0 Å². The highest BCUT2D eigenvalue weighted by molar-refractivity contribution is 7.15. The van der Waals surface area contributed by atoms with E-state index in [2.05, 4.69) is 31.6 Å². The Bertz CT molecular complexity index is 3380. The van der Waals surface area contributed by atoms with Crippen LogP contribution in [0.15, 0.2) is 64.0 Å². The van der Waals surface area contributed by atoms with E-state index in [1.807, 2.05) is 72.5 Å². The van der Waals surface area contributed by atoms with Gasteiger partial charge in [-0.2, -0.15) is 0 Å². The Kier molecular flexibility index (Phi) is 16.7. The number of methoxy groups -OCH3 is 2. The van der Waals surface area contributed by atoms with E-state index in [9.17, 15) is 24.0 Å². The van der Waals surface area contributed by atoms with Crippen molar-refractivity contribution in [3.05, 3.63) is 111 Å². The van der Waals surface area contributed by atoms with Crippen LogP contribution < -0.4 is 26.6 Å². The molecule has 9 rings (SSSR count). The Balaban J connectivity index is 1.14. The Hall–Kier alpha value is -6.58. The highest BCUT2D eigenvalue weighted by atomic mass is 32.1. The van der Waals surface area contributed by atoms with Crippen molar-refractivity contribution in [3.63, 3.8) is 0 Å². The lowest BCUT2D eigenvalue weighted by Crippen LogP contribution is -2.41. The Morgan fingerprint density at radius 1 is 0.720 bits per heavy atom. The van der Waals surface area contributed by atoms with Crippen LogP contribution in [0.3, 0.4) is 0 Å². The van der Waals surface area contributed by atoms with E-state index in [0.717, 1.165) is 5.56 Å². The van der Waals surface area contributed by atoms with Crippen molar-refractivity contribution in [2.45, 2.75) is 64.3 Å². The van der Waals surface area contributed by atoms with Gasteiger partial charge in [0, 0.05) is 72.6 Å². The lowest BCUT2D eigenvalue weighted by Gasteiger charge is -2.26. The number of aromatic nitrogens is 7. The van der Waals surface area contributed by atoms with Crippen molar-refractivity contribution in [1.82, 2.24) is 56.2 Å². The number of ketones is 1. The number of pyridine rings is 1. The highest BCUT2D eigenvalue weighted by Gasteiger charge is 2.33. The molecular formula is C50H50N12O7S6. The van der Waals surface area contributed by atoms with Crippen LogP contribution in [0.1, 0.15) is 113 Å². The number of carbonyl (C=O) groups excluding carboxylic acids is 5. The number of aryl methyl sites for hydroxylation is 1. The number of ether oxygens (including phenoxy) is 2. The molecule has 388 valence electrons. The van der Waals surface area contributed by atoms with Crippen LogP contribution in [0.25, 0.3) is 43.4 Å². The lowest BCUT2D eigenvalue weighted by atomic mass is 9.90. The van der Waals surface area contributed by atoms with E-state index >= 15 is 0 Å². The first-order chi connectivity index (χ1) is 36.2. The van der Waals surface area contributed by atoms with E-state index in [1.165, 1.54) is 82.2 Å². The molecule has 4 atom stereocenters. The number of nitrogens with zero attached hydrogens (tertiary/aromatic N) is 7. The van der Waals surface area contributed by atoms with Gasteiger partial charge < -0.3 is 36.1 Å². The summed E-state index contributed by atoms with van der Waals surface area (Å²) in [4.78, 5) is 105. The Labute approximate surface area is 455 Å². The Morgan fingerprint density at radius 2 is 1.44 bits per heavy atom. The third-order valence-corrected chi connectivity index (χ3v) is 17.9. The first kappa shape index (κ1) is 53.3. The molecule has 0 spiro atoms. The molecule has 8 heterocycles. The molecule has 8 aromatic rings. The maximum Gasteiger partial charge on any atom is 0.271 e. The van der Waals surface area contributed by atoms with Crippen LogP contribution >= 0.6 is 68.0 Å². The van der Waals surface area contributed by atoms with Crippen molar-refractivity contribution in [2.24, 2.45) is 5.92 Å². The van der Waals surface area contributed by atoms with E-state index < -0.39 is 48.4 Å². The highest BCUT2D eigenvalue weighted by Crippen LogP contribution is 2.41. The number of anilines is 1. The lowest BCUT2D eigenvalue weighted by molar-refractivity contribution is -0.122. The summed E-state index contributed by atoms with van der Waals surface area (Å²) in [6, 6.07) is 11.5. The zero-order valence-corrected chi connectivity index (χ0v) is 46.4. The molecule has 4 unspecified atom stereocenters. The van der Waals surface area contributed by atoms with Crippen molar-refractivity contribution < 1.29 is 33.4 Å². The third-order valence-electron chi connectivity index (χ3n) is 12.1. The first-order valence-electron chi connectivity index (χ1n) is 23.4. The van der Waals surface area contributed by atoms with Crippen molar-refractivity contribution in [2.75, 3.05) is 40.2 Å². The zero-order valence-electron chi connectivity index (χ0n) is 41.5. The monoisotopic (exact) mass is 1120 g/mol. The first-order valence-corrected chi connectivity index (χ1v) is 28.6. The van der Waals surface area contributed by atoms with Gasteiger partial charge in [0.05, 0.1) is 41.2 Å². The van der Waals surface area contributed by atoms with Gasteiger partial charge in [0.1, 0.15) is 77.2 Å². The molecule has 10 bridgehead atoms. The third kappa shape index (κ3) is 11.8. The van der Waals surface area contributed by atoms with Crippen LogP contribution in [0, 0.1) is 12.8 Å². The minimum atomic E-state index is -0.908. The van der Waals surface area contributed by atoms with Gasteiger partial charge in [0.15, 0.2) is 5.78 Å². The molecular weight excluding hydrogens is 1070 g/mol. The topological polar surface area (TPSA) is 254 Å². The molecule has 0 saturated heterocycles. The van der Waals surface area contributed by atoms with Gasteiger partial charge in [-0.1, -0.05) is 44.2 Å². The van der Waals surface area contributed by atoms with Gasteiger partial charge in [-0.15, -0.1) is 68.0 Å². The second-order valence-electron chi connectivity index (χ2n) is 17.4. The minimum Gasteiger partial charge on any atom is -0.379 e. The Morgan fingerprint density at radius 3 is 2.17 bits per heavy atom. The fourth-order valence-electron chi connectivity index (χ4n) is 8.21. The number of amides is 4. The van der Waals surface area contributed by atoms with Crippen molar-refractivity contribution in [1.29, 1.82) is 0 Å². The number of hydrogen-bond acceptors (Lipinski definition) is 21. The molecule has 0 aliphatic carbocycles. The van der Waals surface area contributed by atoms with E-state index in [0.29, 0.717) is 74.0 Å². The van der Waals surface area contributed by atoms with Crippen LogP contribution in [0.5, 0.6) is 0 Å². The maximum atomic E-state index is 14.3. The standard InChI is InChI=1S/C50H50N12O7S6/c1-23(2)27-15-33(63)38-24(3)74-49(61-38)29(16-36(64)52-5)55-43(66)31-20-70-45(57-31)26-13-14-28(47-59-35(51-4)22-73-47)54-39(26)30-19-71-48(56-30)32-21-72-50(58-32)41(42(69-7)25-11-9-8-10-12-25)60-37(65)17-53-44(67)40-34(18-68-6)75-46(27)62-40/h8-14,19-23,27,29,41-42,51H,15-18H2,1-7H3,(H,52,64)(H,53,67)(H,55,66)(H,60,65). The summed E-state index contributed by atoms with van der Waals surface area (Å²) in [7, 11) is 6.37. The fraction of sp³-hybridized carbons (Fsp3) is 0.320. The number of Topliss-reactive ketones (excluding diaryl/α,β-unsaturated/α-hetero) is 1. The summed E-state index contributed by atoms with van der Waals surface area (Å²) >= 11 is 7.84. The van der Waals surface area contributed by atoms with Crippen LogP contribution in [0.4, 0.5) is 5.82 Å². The summed E-state index contributed by atoms with van der Waals surface area (Å²) in [5, 5.41) is 25.0. The fourth-order valence-corrected chi connectivity index (χ4v) is 13.8. The molecule has 0 fully saturated rings. The van der Waals surface area contributed by atoms with Crippen molar-refractivity contribution >= 4 is 103 Å². The molecule has 1 aliphatic heterocycles. The molecule has 4 amide bonds. The molecule has 1 aromatic carbocycles. The summed E-state index contributed by atoms with van der Waals surface area (Å²) < 4.78 is 11.6. The average Bonchev–Trinajstić information content (AvgIpc) is 4.29. The zero-order chi connectivity index (χ0) is 52.9. The summed E-state index contributed by atoms with van der Waals surface area (Å²) in [6.07, 6.45) is -0.833. The maximum absolute atomic E-state index is 14.3. The number of thiazole rings is 6. The van der Waals surface area contributed by atoms with Gasteiger partial charge >= 0.3 is 0 Å². The number of fused-ring (bicyclic) bond motifs is 14. The van der Waals surface area contributed by atoms with Gasteiger partial charge in [0.2, 0.25) is 11.8 Å². The predicted octanol–water partition coefficient (Wildman–Crippen LogP) is 8.89. The summed E-state index contributed by atoms with van der Waals surface area (Å²) in [5.74, 6) is -2.10. The molecule has 0 saturated carbocycles. The normalized spacial score (nSPS) is 17.0. The number of benzene rings is 1. The molecule has 0 radical (unpaired) electrons. The van der Waals surface area contributed by atoms with E-state index in [1.54, 1.807) is 26.5 Å². The number of rotatable bonds is 10. The predicted molar refractivity (Wildman–Crippen MR) is 293 cm³/mol. The van der Waals surface area contributed by atoms with Crippen LogP contribution in [-0.4, -0.2) is 99.2 Å². The smallest absolute Gasteiger partial charge is 0.271 e. The summed E-state index contributed by atoms with van der Waals surface area (Å²) in [6.45, 7) is 5.37. The van der Waals surface area contributed by atoms with E-state index in [4.69, 9.17) is 39.4 Å². The second kappa shape index (κ2) is 23.5. The van der Waals surface area contributed by atoms with Gasteiger partial charge in [-0.25, -0.2) is 34.9 Å².